The average Bonchev–Trinajstić information content (AvgIpc) is 2.29. The van der Waals surface area contributed by atoms with Gasteiger partial charge in [-0.1, -0.05) is 30.3 Å². The number of hydrogen-bond acceptors (Lipinski definition) is 4. The molecule has 5 nitrogen and oxygen atoms in total. The third-order valence-electron chi connectivity index (χ3n) is 1.93. The first kappa shape index (κ1) is 10.7. The van der Waals surface area contributed by atoms with Gasteiger partial charge in [-0.15, -0.1) is 0 Å². The second-order valence-electron chi connectivity index (χ2n) is 3.07. The van der Waals surface area contributed by atoms with Crippen LogP contribution in [0.15, 0.2) is 47.8 Å². The summed E-state index contributed by atoms with van der Waals surface area (Å²) < 4.78 is 30.5. The van der Waals surface area contributed by atoms with Crippen molar-refractivity contribution in [1.82, 2.24) is 9.97 Å². The van der Waals surface area contributed by atoms with Gasteiger partial charge in [-0.2, -0.15) is 8.42 Å². The summed E-state index contributed by atoms with van der Waals surface area (Å²) in [5.41, 5.74) is 1.21. The number of nitrogens with zero attached hydrogens (tertiary/aromatic N) is 2. The van der Waals surface area contributed by atoms with Crippen molar-refractivity contribution >= 4 is 10.1 Å². The third kappa shape index (κ3) is 2.23. The SMILES string of the molecule is O=S(=O)(O)c1nccc(-c2ccccc2)n1. The minimum atomic E-state index is -4.36. The molecule has 0 saturated heterocycles. The fraction of sp³-hybridized carbons (Fsp3) is 0. The van der Waals surface area contributed by atoms with E-state index < -0.39 is 15.3 Å². The highest BCUT2D eigenvalue weighted by atomic mass is 32.2. The van der Waals surface area contributed by atoms with E-state index >= 15 is 0 Å². The molecule has 2 rings (SSSR count). The number of hydrogen-bond donors (Lipinski definition) is 1. The van der Waals surface area contributed by atoms with E-state index in [1.54, 1.807) is 18.2 Å². The highest BCUT2D eigenvalue weighted by Crippen LogP contribution is 2.16. The Balaban J connectivity index is 2.53. The van der Waals surface area contributed by atoms with Crippen LogP contribution in [0.3, 0.4) is 0 Å². The van der Waals surface area contributed by atoms with Crippen LogP contribution in [0.5, 0.6) is 0 Å². The summed E-state index contributed by atoms with van der Waals surface area (Å²) in [4.78, 5) is 7.25. The molecule has 1 aromatic carbocycles. The van der Waals surface area contributed by atoms with Crippen LogP contribution in [-0.2, 0) is 10.1 Å². The van der Waals surface area contributed by atoms with Crippen molar-refractivity contribution < 1.29 is 13.0 Å². The second kappa shape index (κ2) is 3.99. The maximum atomic E-state index is 10.8. The molecular weight excluding hydrogens is 228 g/mol. The molecule has 2 aromatic rings. The zero-order chi connectivity index (χ0) is 11.6. The van der Waals surface area contributed by atoms with Gasteiger partial charge in [0.05, 0.1) is 5.69 Å². The van der Waals surface area contributed by atoms with Crippen molar-refractivity contribution in [2.75, 3.05) is 0 Å². The third-order valence-corrected chi connectivity index (χ3v) is 2.59. The highest BCUT2D eigenvalue weighted by Gasteiger charge is 2.13. The lowest BCUT2D eigenvalue weighted by atomic mass is 10.1. The first-order valence-corrected chi connectivity index (χ1v) is 5.87. The molecule has 0 aliphatic carbocycles. The van der Waals surface area contributed by atoms with Crippen molar-refractivity contribution in [3.63, 3.8) is 0 Å². The molecule has 1 heterocycles. The van der Waals surface area contributed by atoms with Crippen molar-refractivity contribution in [3.8, 4) is 11.3 Å². The van der Waals surface area contributed by atoms with Crippen LogP contribution >= 0.6 is 0 Å². The molecule has 0 atom stereocenters. The standard InChI is InChI=1S/C10H8N2O3S/c13-16(14,15)10-11-7-6-9(12-10)8-4-2-1-3-5-8/h1-7H,(H,13,14,15). The predicted octanol–water partition coefficient (Wildman–Crippen LogP) is 1.39. The van der Waals surface area contributed by atoms with Crippen LogP contribution in [0.2, 0.25) is 0 Å². The molecule has 1 N–H and O–H groups in total. The smallest absolute Gasteiger partial charge is 0.279 e. The summed E-state index contributed by atoms with van der Waals surface area (Å²) in [6.45, 7) is 0. The van der Waals surface area contributed by atoms with Crippen LogP contribution in [0.1, 0.15) is 0 Å². The van der Waals surface area contributed by atoms with Crippen molar-refractivity contribution in [1.29, 1.82) is 0 Å². The lowest BCUT2D eigenvalue weighted by Crippen LogP contribution is -2.04. The molecule has 0 bridgehead atoms. The van der Waals surface area contributed by atoms with Gasteiger partial charge >= 0.3 is 10.1 Å². The summed E-state index contributed by atoms with van der Waals surface area (Å²) in [6, 6.07) is 10.6. The van der Waals surface area contributed by atoms with E-state index in [2.05, 4.69) is 9.97 Å². The molecule has 6 heteroatoms. The van der Waals surface area contributed by atoms with E-state index in [1.165, 1.54) is 6.20 Å². The Morgan fingerprint density at radius 1 is 1.06 bits per heavy atom. The van der Waals surface area contributed by atoms with Gasteiger partial charge in [-0.25, -0.2) is 9.97 Å². The number of benzene rings is 1. The zero-order valence-electron chi connectivity index (χ0n) is 8.11. The number of rotatable bonds is 2. The first-order chi connectivity index (χ1) is 7.57. The predicted molar refractivity (Wildman–Crippen MR) is 57.3 cm³/mol. The van der Waals surface area contributed by atoms with Gasteiger partial charge < -0.3 is 0 Å². The Morgan fingerprint density at radius 3 is 2.38 bits per heavy atom. The molecule has 0 radical (unpaired) electrons. The topological polar surface area (TPSA) is 80.2 Å². The monoisotopic (exact) mass is 236 g/mol. The molecule has 0 aliphatic heterocycles. The molecule has 16 heavy (non-hydrogen) atoms. The molecule has 82 valence electrons. The van der Waals surface area contributed by atoms with E-state index in [0.29, 0.717) is 5.69 Å². The Morgan fingerprint density at radius 2 is 1.75 bits per heavy atom. The fourth-order valence-electron chi connectivity index (χ4n) is 1.23. The van der Waals surface area contributed by atoms with Crippen molar-refractivity contribution in [2.24, 2.45) is 0 Å². The maximum Gasteiger partial charge on any atom is 0.330 e. The van der Waals surface area contributed by atoms with Crippen LogP contribution in [0.4, 0.5) is 0 Å². The molecule has 0 aliphatic rings. The average molecular weight is 236 g/mol. The summed E-state index contributed by atoms with van der Waals surface area (Å²) in [6.07, 6.45) is 1.29. The van der Waals surface area contributed by atoms with Crippen LogP contribution in [0.25, 0.3) is 11.3 Å². The summed E-state index contributed by atoms with van der Waals surface area (Å²) >= 11 is 0. The van der Waals surface area contributed by atoms with Gasteiger partial charge in [0.1, 0.15) is 0 Å². The fourth-order valence-corrected chi connectivity index (χ4v) is 1.64. The molecule has 0 amide bonds. The molecule has 0 fully saturated rings. The summed E-state index contributed by atoms with van der Waals surface area (Å²) in [7, 11) is -4.36. The molecule has 0 unspecified atom stereocenters. The molecular formula is C10H8N2O3S. The van der Waals surface area contributed by atoms with E-state index in [-0.39, 0.29) is 0 Å². The van der Waals surface area contributed by atoms with Gasteiger partial charge in [0, 0.05) is 11.8 Å². The normalized spacial score (nSPS) is 11.3. The Bertz CT molecular complexity index is 596. The zero-order valence-corrected chi connectivity index (χ0v) is 8.92. The number of aromatic nitrogens is 2. The van der Waals surface area contributed by atoms with E-state index in [0.717, 1.165) is 5.56 Å². The first-order valence-electron chi connectivity index (χ1n) is 4.43. The van der Waals surface area contributed by atoms with Gasteiger partial charge in [0.2, 0.25) is 0 Å². The van der Waals surface area contributed by atoms with E-state index in [9.17, 15) is 8.42 Å². The van der Waals surface area contributed by atoms with Gasteiger partial charge in [0.25, 0.3) is 5.16 Å². The molecule has 0 saturated carbocycles. The largest absolute Gasteiger partial charge is 0.330 e. The minimum Gasteiger partial charge on any atom is -0.279 e. The lowest BCUT2D eigenvalue weighted by molar-refractivity contribution is 0.474. The van der Waals surface area contributed by atoms with E-state index in [1.807, 2.05) is 18.2 Å². The van der Waals surface area contributed by atoms with Crippen LogP contribution in [-0.4, -0.2) is 22.9 Å². The second-order valence-corrected chi connectivity index (χ2v) is 4.38. The summed E-state index contributed by atoms with van der Waals surface area (Å²) in [5.74, 6) is 0. The highest BCUT2D eigenvalue weighted by molar-refractivity contribution is 7.85. The van der Waals surface area contributed by atoms with Gasteiger partial charge in [-0.3, -0.25) is 4.55 Å². The Hall–Kier alpha value is -1.79. The van der Waals surface area contributed by atoms with Crippen LogP contribution in [0, 0.1) is 0 Å². The Labute approximate surface area is 92.6 Å². The lowest BCUT2D eigenvalue weighted by Gasteiger charge is -2.01. The van der Waals surface area contributed by atoms with Crippen LogP contribution < -0.4 is 0 Å². The maximum absolute atomic E-state index is 10.8. The van der Waals surface area contributed by atoms with Gasteiger partial charge in [0.15, 0.2) is 0 Å². The van der Waals surface area contributed by atoms with Crippen molar-refractivity contribution in [2.45, 2.75) is 5.16 Å². The van der Waals surface area contributed by atoms with Crippen molar-refractivity contribution in [3.05, 3.63) is 42.6 Å². The van der Waals surface area contributed by atoms with Gasteiger partial charge in [-0.05, 0) is 6.07 Å². The summed E-state index contributed by atoms with van der Waals surface area (Å²) in [5, 5.41) is -0.589. The minimum absolute atomic E-state index is 0.447. The van der Waals surface area contributed by atoms with E-state index in [4.69, 9.17) is 4.55 Å². The molecule has 1 aromatic heterocycles. The quantitative estimate of drug-likeness (QED) is 0.629. The Kier molecular flexibility index (Phi) is 2.67. The molecule has 0 spiro atoms.